The fraction of sp³-hybridized carbons (Fsp3) is 0.300. The third-order valence-corrected chi connectivity index (χ3v) is 3.23. The lowest BCUT2D eigenvalue weighted by Gasteiger charge is -1.93. The lowest BCUT2D eigenvalue weighted by atomic mass is 10.4. The summed E-state index contributed by atoms with van der Waals surface area (Å²) >= 11 is 7.34. The quantitative estimate of drug-likeness (QED) is 0.896. The number of nitrogens with one attached hydrogen (secondary N) is 1. The Morgan fingerprint density at radius 3 is 3.07 bits per heavy atom. The van der Waals surface area contributed by atoms with E-state index in [9.17, 15) is 0 Å². The summed E-state index contributed by atoms with van der Waals surface area (Å²) in [4.78, 5) is 5.53. The molecule has 0 saturated heterocycles. The van der Waals surface area contributed by atoms with Crippen LogP contribution < -0.4 is 5.32 Å². The maximum Gasteiger partial charge on any atom is 0.194 e. The zero-order valence-electron chi connectivity index (χ0n) is 8.29. The van der Waals surface area contributed by atoms with E-state index in [1.807, 2.05) is 19.3 Å². The molecule has 2 aromatic rings. The van der Waals surface area contributed by atoms with Gasteiger partial charge in [-0.1, -0.05) is 0 Å². The smallest absolute Gasteiger partial charge is 0.194 e. The van der Waals surface area contributed by atoms with Crippen LogP contribution >= 0.6 is 22.9 Å². The van der Waals surface area contributed by atoms with Gasteiger partial charge in [0, 0.05) is 11.1 Å². The molecule has 0 aromatic carbocycles. The molecule has 0 bridgehead atoms. The lowest BCUT2D eigenvalue weighted by molar-refractivity contribution is 0.584. The van der Waals surface area contributed by atoms with Crippen LogP contribution in [0.2, 0.25) is 5.22 Å². The van der Waals surface area contributed by atoms with Gasteiger partial charge in [-0.3, -0.25) is 0 Å². The van der Waals surface area contributed by atoms with Gasteiger partial charge in [-0.2, -0.15) is 0 Å². The molecular formula is C10H11ClN2OS. The van der Waals surface area contributed by atoms with E-state index in [2.05, 4.69) is 10.3 Å². The normalized spacial score (nSPS) is 10.8. The zero-order valence-corrected chi connectivity index (χ0v) is 9.86. The fourth-order valence-electron chi connectivity index (χ4n) is 1.21. The predicted octanol–water partition coefficient (Wildman–Crippen LogP) is 2.82. The molecule has 0 saturated carbocycles. The van der Waals surface area contributed by atoms with E-state index in [-0.39, 0.29) is 0 Å². The highest BCUT2D eigenvalue weighted by Crippen LogP contribution is 2.28. The van der Waals surface area contributed by atoms with E-state index in [1.165, 1.54) is 4.88 Å². The molecule has 2 rings (SSSR count). The van der Waals surface area contributed by atoms with Crippen LogP contribution in [0, 0.1) is 0 Å². The van der Waals surface area contributed by atoms with Crippen LogP contribution in [0.15, 0.2) is 22.7 Å². The first-order valence-electron chi connectivity index (χ1n) is 4.64. The Morgan fingerprint density at radius 1 is 1.53 bits per heavy atom. The Morgan fingerprint density at radius 2 is 2.40 bits per heavy atom. The Bertz CT molecular complexity index is 438. The van der Waals surface area contributed by atoms with Crippen LogP contribution in [0.25, 0.3) is 10.8 Å². The second kappa shape index (κ2) is 4.79. The molecule has 0 aliphatic heterocycles. The van der Waals surface area contributed by atoms with Crippen molar-refractivity contribution >= 4 is 22.9 Å². The number of thiazole rings is 1. The molecule has 0 radical (unpaired) electrons. The van der Waals surface area contributed by atoms with E-state index < -0.39 is 0 Å². The minimum Gasteiger partial charge on any atom is -0.442 e. The maximum atomic E-state index is 5.70. The highest BCUT2D eigenvalue weighted by atomic mass is 35.5. The van der Waals surface area contributed by atoms with Crippen molar-refractivity contribution in [2.75, 3.05) is 13.6 Å². The molecule has 0 spiro atoms. The summed E-state index contributed by atoms with van der Waals surface area (Å²) in [5.41, 5.74) is 0. The average molecular weight is 243 g/mol. The van der Waals surface area contributed by atoms with E-state index in [1.54, 1.807) is 17.4 Å². The van der Waals surface area contributed by atoms with Crippen LogP contribution in [0.4, 0.5) is 0 Å². The molecule has 5 heteroatoms. The van der Waals surface area contributed by atoms with Crippen molar-refractivity contribution in [1.82, 2.24) is 10.3 Å². The van der Waals surface area contributed by atoms with E-state index >= 15 is 0 Å². The second-order valence-corrected chi connectivity index (χ2v) is 4.58. The zero-order chi connectivity index (χ0) is 10.7. The highest BCUT2D eigenvalue weighted by molar-refractivity contribution is 7.14. The molecule has 0 aliphatic rings. The van der Waals surface area contributed by atoms with Gasteiger partial charge in [0.05, 0.1) is 0 Å². The average Bonchev–Trinajstić information content (AvgIpc) is 2.83. The van der Waals surface area contributed by atoms with Gasteiger partial charge >= 0.3 is 0 Å². The van der Waals surface area contributed by atoms with Crippen LogP contribution in [0.1, 0.15) is 4.88 Å². The molecular weight excluding hydrogens is 232 g/mol. The molecule has 2 aromatic heterocycles. The van der Waals surface area contributed by atoms with Crippen molar-refractivity contribution in [2.45, 2.75) is 6.42 Å². The van der Waals surface area contributed by atoms with Gasteiger partial charge in [0.25, 0.3) is 0 Å². The lowest BCUT2D eigenvalue weighted by Crippen LogP contribution is -2.09. The Balaban J connectivity index is 2.13. The standard InChI is InChI=1S/C10H11ClN2OS/c1-12-5-4-7-6-13-10(15-7)8-2-3-9(11)14-8/h2-3,6,12H,4-5H2,1H3. The van der Waals surface area contributed by atoms with Crippen LogP contribution in [0.3, 0.4) is 0 Å². The van der Waals surface area contributed by atoms with Crippen LogP contribution in [0.5, 0.6) is 0 Å². The van der Waals surface area contributed by atoms with Crippen molar-refractivity contribution in [1.29, 1.82) is 0 Å². The number of nitrogens with zero attached hydrogens (tertiary/aromatic N) is 1. The van der Waals surface area contributed by atoms with Crippen LogP contribution in [-0.2, 0) is 6.42 Å². The SMILES string of the molecule is CNCCc1cnc(-c2ccc(Cl)o2)s1. The molecule has 2 heterocycles. The minimum atomic E-state index is 0.400. The molecule has 0 fully saturated rings. The molecule has 0 amide bonds. The molecule has 1 N–H and O–H groups in total. The van der Waals surface area contributed by atoms with E-state index in [0.717, 1.165) is 23.7 Å². The summed E-state index contributed by atoms with van der Waals surface area (Å²) in [6, 6.07) is 3.56. The largest absolute Gasteiger partial charge is 0.442 e. The first-order valence-corrected chi connectivity index (χ1v) is 5.84. The number of hydrogen-bond donors (Lipinski definition) is 1. The van der Waals surface area contributed by atoms with Gasteiger partial charge in [0.15, 0.2) is 16.0 Å². The van der Waals surface area contributed by atoms with Crippen LogP contribution in [-0.4, -0.2) is 18.6 Å². The first-order chi connectivity index (χ1) is 7.29. The van der Waals surface area contributed by atoms with Gasteiger partial charge in [-0.25, -0.2) is 4.98 Å². The Labute approximate surface area is 97.1 Å². The van der Waals surface area contributed by atoms with Gasteiger partial charge in [0.2, 0.25) is 0 Å². The van der Waals surface area contributed by atoms with Crippen molar-refractivity contribution < 1.29 is 4.42 Å². The predicted molar refractivity (Wildman–Crippen MR) is 62.5 cm³/mol. The van der Waals surface area contributed by atoms with Crippen molar-refractivity contribution in [2.24, 2.45) is 0 Å². The fourth-order valence-corrected chi connectivity index (χ4v) is 2.23. The molecule has 15 heavy (non-hydrogen) atoms. The summed E-state index contributed by atoms with van der Waals surface area (Å²) < 4.78 is 5.29. The summed E-state index contributed by atoms with van der Waals surface area (Å²) in [5, 5.41) is 4.39. The molecule has 0 atom stereocenters. The molecule has 3 nitrogen and oxygen atoms in total. The Hall–Kier alpha value is -0.840. The van der Waals surface area contributed by atoms with E-state index in [4.69, 9.17) is 16.0 Å². The number of likely N-dealkylation sites (N-methyl/N-ethyl adjacent to an activating group) is 1. The van der Waals surface area contributed by atoms with Gasteiger partial charge in [-0.15, -0.1) is 11.3 Å². The number of hydrogen-bond acceptors (Lipinski definition) is 4. The Kier molecular flexibility index (Phi) is 3.41. The van der Waals surface area contributed by atoms with Crippen molar-refractivity contribution in [3.8, 4) is 10.8 Å². The summed E-state index contributed by atoms with van der Waals surface area (Å²) in [6.07, 6.45) is 2.87. The summed E-state index contributed by atoms with van der Waals surface area (Å²) in [6.45, 7) is 0.959. The number of halogens is 1. The van der Waals surface area contributed by atoms with Gasteiger partial charge in [-0.05, 0) is 43.7 Å². The molecule has 0 aliphatic carbocycles. The summed E-state index contributed by atoms with van der Waals surface area (Å²) in [7, 11) is 1.94. The summed E-state index contributed by atoms with van der Waals surface area (Å²) in [5.74, 6) is 0.737. The second-order valence-electron chi connectivity index (χ2n) is 3.09. The highest BCUT2D eigenvalue weighted by Gasteiger charge is 2.08. The third-order valence-electron chi connectivity index (χ3n) is 1.96. The monoisotopic (exact) mass is 242 g/mol. The van der Waals surface area contributed by atoms with Gasteiger partial charge in [0.1, 0.15) is 0 Å². The minimum absolute atomic E-state index is 0.400. The number of furan rings is 1. The van der Waals surface area contributed by atoms with E-state index in [0.29, 0.717) is 5.22 Å². The first kappa shape index (κ1) is 10.7. The van der Waals surface area contributed by atoms with Gasteiger partial charge < -0.3 is 9.73 Å². The van der Waals surface area contributed by atoms with Crippen molar-refractivity contribution in [3.05, 3.63) is 28.4 Å². The number of aromatic nitrogens is 1. The number of rotatable bonds is 4. The third kappa shape index (κ3) is 2.59. The molecule has 80 valence electrons. The molecule has 0 unspecified atom stereocenters. The maximum absolute atomic E-state index is 5.70. The van der Waals surface area contributed by atoms with Crippen molar-refractivity contribution in [3.63, 3.8) is 0 Å². The topological polar surface area (TPSA) is 38.1 Å².